The second kappa shape index (κ2) is 9.05. The lowest BCUT2D eigenvalue weighted by atomic mass is 10.2. The Kier molecular flexibility index (Phi) is 6.80. The molecule has 0 aliphatic heterocycles. The third kappa shape index (κ3) is 4.86. The standard InChI is InChI=1S/C18H18ClFN2O4/c1-11(18(23)22-15-7-5-4-6-14(15)20)26-21-10-12-8-13(19)17(25-3)16(9-12)24-2/h4-11H,1-3H3,(H,22,23)/b21-10-/t11-/m0/s1. The molecule has 0 unspecified atom stereocenters. The van der Waals surface area contributed by atoms with Gasteiger partial charge in [0.2, 0.25) is 6.10 Å². The van der Waals surface area contributed by atoms with Gasteiger partial charge in [-0.05, 0) is 31.2 Å². The van der Waals surface area contributed by atoms with E-state index in [-0.39, 0.29) is 5.69 Å². The second-order valence-electron chi connectivity index (χ2n) is 5.19. The molecular formula is C18H18ClFN2O4. The van der Waals surface area contributed by atoms with Crippen molar-refractivity contribution in [3.05, 3.63) is 52.8 Å². The molecule has 8 heteroatoms. The van der Waals surface area contributed by atoms with Crippen LogP contribution in [0.3, 0.4) is 0 Å². The third-order valence-electron chi connectivity index (χ3n) is 3.38. The molecule has 0 aliphatic rings. The number of halogens is 2. The third-order valence-corrected chi connectivity index (χ3v) is 3.66. The summed E-state index contributed by atoms with van der Waals surface area (Å²) in [6.07, 6.45) is 0.447. The molecule has 0 aliphatic carbocycles. The first kappa shape index (κ1) is 19.5. The number of nitrogens with zero attached hydrogens (tertiary/aromatic N) is 1. The minimum Gasteiger partial charge on any atom is -0.493 e. The first-order chi connectivity index (χ1) is 12.5. The van der Waals surface area contributed by atoms with Gasteiger partial charge in [0.15, 0.2) is 11.5 Å². The Morgan fingerprint density at radius 1 is 1.27 bits per heavy atom. The molecule has 6 nitrogen and oxygen atoms in total. The van der Waals surface area contributed by atoms with Crippen LogP contribution in [0.1, 0.15) is 12.5 Å². The molecule has 26 heavy (non-hydrogen) atoms. The van der Waals surface area contributed by atoms with Gasteiger partial charge in [-0.2, -0.15) is 0 Å². The Morgan fingerprint density at radius 2 is 2.00 bits per heavy atom. The number of oxime groups is 1. The minimum absolute atomic E-state index is 0.0728. The summed E-state index contributed by atoms with van der Waals surface area (Å²) in [6.45, 7) is 1.50. The monoisotopic (exact) mass is 380 g/mol. The average Bonchev–Trinajstić information content (AvgIpc) is 2.62. The highest BCUT2D eigenvalue weighted by molar-refractivity contribution is 6.32. The van der Waals surface area contributed by atoms with Gasteiger partial charge in [0, 0.05) is 5.56 Å². The zero-order chi connectivity index (χ0) is 19.1. The van der Waals surface area contributed by atoms with Gasteiger partial charge in [0.25, 0.3) is 5.91 Å². The molecule has 138 valence electrons. The van der Waals surface area contributed by atoms with E-state index in [1.807, 2.05) is 0 Å². The molecule has 1 atom stereocenters. The molecule has 0 aromatic heterocycles. The Labute approximate surface area is 155 Å². The van der Waals surface area contributed by atoms with Crippen LogP contribution in [-0.4, -0.2) is 32.4 Å². The minimum atomic E-state index is -0.929. The smallest absolute Gasteiger partial charge is 0.268 e. The molecule has 1 N–H and O–H groups in total. The van der Waals surface area contributed by atoms with Gasteiger partial charge in [-0.15, -0.1) is 0 Å². The SMILES string of the molecule is COc1cc(/C=N\O[C@@H](C)C(=O)Nc2ccccc2F)cc(Cl)c1OC. The van der Waals surface area contributed by atoms with Crippen LogP contribution in [0.15, 0.2) is 41.6 Å². The number of nitrogens with one attached hydrogen (secondary N) is 1. The van der Waals surface area contributed by atoms with Gasteiger partial charge in [-0.1, -0.05) is 28.9 Å². The molecule has 0 radical (unpaired) electrons. The van der Waals surface area contributed by atoms with E-state index in [0.717, 1.165) is 0 Å². The summed E-state index contributed by atoms with van der Waals surface area (Å²) in [4.78, 5) is 17.1. The fourth-order valence-corrected chi connectivity index (χ4v) is 2.34. The topological polar surface area (TPSA) is 69.2 Å². The fraction of sp³-hybridized carbons (Fsp3) is 0.222. The van der Waals surface area contributed by atoms with Crippen LogP contribution < -0.4 is 14.8 Å². The van der Waals surface area contributed by atoms with E-state index in [1.54, 1.807) is 18.2 Å². The Hall–Kier alpha value is -2.80. The number of hydrogen-bond donors (Lipinski definition) is 1. The number of carbonyl (C=O) groups is 1. The Morgan fingerprint density at radius 3 is 2.65 bits per heavy atom. The largest absolute Gasteiger partial charge is 0.493 e. The summed E-state index contributed by atoms with van der Waals surface area (Å²) in [7, 11) is 2.97. The lowest BCUT2D eigenvalue weighted by molar-refractivity contribution is -0.126. The van der Waals surface area contributed by atoms with E-state index in [4.69, 9.17) is 25.9 Å². The van der Waals surface area contributed by atoms with Crippen molar-refractivity contribution in [1.82, 2.24) is 0 Å². The number of para-hydroxylation sites is 1. The van der Waals surface area contributed by atoms with Gasteiger partial charge >= 0.3 is 0 Å². The van der Waals surface area contributed by atoms with Crippen molar-refractivity contribution in [2.45, 2.75) is 13.0 Å². The molecule has 2 aromatic rings. The summed E-state index contributed by atoms with van der Waals surface area (Å²) >= 11 is 6.10. The van der Waals surface area contributed by atoms with Crippen LogP contribution in [0.4, 0.5) is 10.1 Å². The quantitative estimate of drug-likeness (QED) is 0.584. The lowest BCUT2D eigenvalue weighted by Crippen LogP contribution is -2.26. The van der Waals surface area contributed by atoms with Crippen LogP contribution in [0.25, 0.3) is 0 Å². The highest BCUT2D eigenvalue weighted by Gasteiger charge is 2.16. The van der Waals surface area contributed by atoms with Crippen LogP contribution >= 0.6 is 11.6 Å². The van der Waals surface area contributed by atoms with Gasteiger partial charge in [-0.25, -0.2) is 4.39 Å². The van der Waals surface area contributed by atoms with E-state index in [2.05, 4.69) is 10.5 Å². The molecular weight excluding hydrogens is 363 g/mol. The summed E-state index contributed by atoms with van der Waals surface area (Å²) in [5.41, 5.74) is 0.665. The number of amides is 1. The van der Waals surface area contributed by atoms with Crippen LogP contribution in [0.2, 0.25) is 5.02 Å². The summed E-state index contributed by atoms with van der Waals surface area (Å²) in [6, 6.07) is 9.11. The molecule has 0 saturated heterocycles. The van der Waals surface area contributed by atoms with Crippen LogP contribution in [-0.2, 0) is 9.63 Å². The van der Waals surface area contributed by atoms with Gasteiger partial charge in [0.05, 0.1) is 31.1 Å². The number of benzene rings is 2. The Balaban J connectivity index is 2.00. The van der Waals surface area contributed by atoms with Crippen molar-refractivity contribution in [3.63, 3.8) is 0 Å². The van der Waals surface area contributed by atoms with Crippen LogP contribution in [0, 0.1) is 5.82 Å². The fourth-order valence-electron chi connectivity index (χ4n) is 2.04. The number of anilines is 1. The zero-order valence-electron chi connectivity index (χ0n) is 14.5. The van der Waals surface area contributed by atoms with E-state index in [9.17, 15) is 9.18 Å². The maximum Gasteiger partial charge on any atom is 0.268 e. The molecule has 0 heterocycles. The van der Waals surface area contributed by atoms with E-state index < -0.39 is 17.8 Å². The van der Waals surface area contributed by atoms with Crippen molar-refractivity contribution < 1.29 is 23.5 Å². The predicted octanol–water partition coefficient (Wildman–Crippen LogP) is 3.87. The van der Waals surface area contributed by atoms with Crippen molar-refractivity contribution in [3.8, 4) is 11.5 Å². The molecule has 2 aromatic carbocycles. The molecule has 2 rings (SSSR count). The maximum absolute atomic E-state index is 13.5. The summed E-state index contributed by atoms with van der Waals surface area (Å²) in [5, 5.41) is 6.54. The molecule has 1 amide bonds. The van der Waals surface area contributed by atoms with Gasteiger partial charge in [0.1, 0.15) is 5.82 Å². The average molecular weight is 381 g/mol. The van der Waals surface area contributed by atoms with Crippen molar-refractivity contribution in [2.24, 2.45) is 5.16 Å². The normalized spacial score (nSPS) is 11.9. The van der Waals surface area contributed by atoms with E-state index in [1.165, 1.54) is 45.6 Å². The number of carbonyl (C=O) groups excluding carboxylic acids is 1. The highest BCUT2D eigenvalue weighted by Crippen LogP contribution is 2.35. The molecule has 0 fully saturated rings. The van der Waals surface area contributed by atoms with Crippen LogP contribution in [0.5, 0.6) is 11.5 Å². The predicted molar refractivity (Wildman–Crippen MR) is 97.7 cm³/mol. The second-order valence-corrected chi connectivity index (χ2v) is 5.60. The number of ether oxygens (including phenoxy) is 2. The van der Waals surface area contributed by atoms with Crippen molar-refractivity contribution in [2.75, 3.05) is 19.5 Å². The number of rotatable bonds is 7. The summed E-state index contributed by atoms with van der Waals surface area (Å²) in [5.74, 6) is -0.217. The first-order valence-electron chi connectivity index (χ1n) is 7.62. The lowest BCUT2D eigenvalue weighted by Gasteiger charge is -2.11. The number of methoxy groups -OCH3 is 2. The van der Waals surface area contributed by atoms with Gasteiger partial charge in [-0.3, -0.25) is 4.79 Å². The van der Waals surface area contributed by atoms with E-state index >= 15 is 0 Å². The summed E-state index contributed by atoms with van der Waals surface area (Å²) < 4.78 is 23.9. The Bertz CT molecular complexity index is 814. The van der Waals surface area contributed by atoms with Crippen molar-refractivity contribution in [1.29, 1.82) is 0 Å². The maximum atomic E-state index is 13.5. The first-order valence-corrected chi connectivity index (χ1v) is 8.00. The highest BCUT2D eigenvalue weighted by atomic mass is 35.5. The van der Waals surface area contributed by atoms with Crippen molar-refractivity contribution >= 4 is 29.4 Å². The molecule has 0 spiro atoms. The molecule has 0 saturated carbocycles. The number of hydrogen-bond acceptors (Lipinski definition) is 5. The van der Waals surface area contributed by atoms with E-state index in [0.29, 0.717) is 22.1 Å². The zero-order valence-corrected chi connectivity index (χ0v) is 15.2. The van der Waals surface area contributed by atoms with Gasteiger partial charge < -0.3 is 19.6 Å². The molecule has 0 bridgehead atoms.